The molecule has 7 heteroatoms. The number of Topliss-reactive ketones (excluding diaryl/α,β-unsaturated/α-hetero) is 1. The first-order valence-corrected chi connectivity index (χ1v) is 19.2. The summed E-state index contributed by atoms with van der Waals surface area (Å²) in [4.78, 5) is 30.3. The summed E-state index contributed by atoms with van der Waals surface area (Å²) < 4.78 is 28.4. The molecule has 5 rings (SSSR count). The van der Waals surface area contributed by atoms with E-state index in [2.05, 4.69) is 64.7 Å². The van der Waals surface area contributed by atoms with Crippen LogP contribution in [0, 0.1) is 5.92 Å². The lowest BCUT2D eigenvalue weighted by atomic mass is 9.98. The van der Waals surface area contributed by atoms with E-state index in [1.807, 2.05) is 54.5 Å². The standard InChI is InChI=1S/C19H19N3O.C13H16F2O.C6H14.C4H10.C2H6/c1-2-14-6-7-15-8-10-22(17(15)11-14)19(23)12-16-13-20-18-5-3-4-9-21(16)18;1-4-5-10-6-11(9(2)16)8-12(7-10)13(3,14)15;1-4-5-6(2)3;1-3-4-2;1-2/h3-7,9,11,13H,2,8,10,12H2,1H3;6-8H,4-5H2,1-3H3;6H,4-5H2,1-3H3;3-4H2,1-2H3;1-2H3. The molecule has 1 aliphatic rings. The van der Waals surface area contributed by atoms with Crippen molar-refractivity contribution in [1.29, 1.82) is 0 Å². The maximum Gasteiger partial charge on any atom is 0.270 e. The van der Waals surface area contributed by atoms with Gasteiger partial charge in [0.1, 0.15) is 5.65 Å². The van der Waals surface area contributed by atoms with Gasteiger partial charge in [-0.1, -0.05) is 113 Å². The van der Waals surface area contributed by atoms with E-state index in [9.17, 15) is 18.4 Å². The van der Waals surface area contributed by atoms with Gasteiger partial charge in [-0.25, -0.2) is 13.8 Å². The second-order valence-corrected chi connectivity index (χ2v) is 13.3. The van der Waals surface area contributed by atoms with E-state index >= 15 is 0 Å². The summed E-state index contributed by atoms with van der Waals surface area (Å²) in [5, 5.41) is 0. The smallest absolute Gasteiger partial charge is 0.270 e. The Morgan fingerprint density at radius 3 is 2.10 bits per heavy atom. The molecule has 1 aliphatic heterocycles. The Labute approximate surface area is 307 Å². The molecule has 0 aliphatic carbocycles. The first-order valence-electron chi connectivity index (χ1n) is 19.2. The fraction of sp³-hybridized carbons (Fsp3) is 0.523. The molecule has 5 nitrogen and oxygen atoms in total. The Balaban J connectivity index is 0.000000403. The third-order valence-corrected chi connectivity index (χ3v) is 8.39. The second kappa shape index (κ2) is 23.6. The highest BCUT2D eigenvalue weighted by Gasteiger charge is 2.26. The molecule has 0 unspecified atom stereocenters. The Hall–Kier alpha value is -3.87. The fourth-order valence-corrected chi connectivity index (χ4v) is 5.43. The third kappa shape index (κ3) is 15.1. The number of unbranched alkanes of at least 4 members (excludes halogenated alkanes) is 1. The summed E-state index contributed by atoms with van der Waals surface area (Å²) in [6, 6.07) is 16.8. The number of hydrogen-bond acceptors (Lipinski definition) is 3. The molecule has 0 bridgehead atoms. The van der Waals surface area contributed by atoms with E-state index in [0.717, 1.165) is 61.2 Å². The molecule has 1 amide bonds. The van der Waals surface area contributed by atoms with Crippen LogP contribution in [0.25, 0.3) is 5.65 Å². The normalized spacial score (nSPS) is 11.6. The minimum Gasteiger partial charge on any atom is -0.311 e. The molecule has 2 aromatic heterocycles. The van der Waals surface area contributed by atoms with Gasteiger partial charge in [0.05, 0.1) is 12.1 Å². The summed E-state index contributed by atoms with van der Waals surface area (Å²) in [5.74, 6) is -2.03. The van der Waals surface area contributed by atoms with Crippen LogP contribution in [0.15, 0.2) is 67.0 Å². The van der Waals surface area contributed by atoms with Crippen molar-refractivity contribution in [2.45, 2.75) is 140 Å². The highest BCUT2D eigenvalue weighted by molar-refractivity contribution is 5.97. The quantitative estimate of drug-likeness (QED) is 0.154. The van der Waals surface area contributed by atoms with Crippen molar-refractivity contribution in [3.8, 4) is 0 Å². The zero-order valence-corrected chi connectivity index (χ0v) is 33.4. The predicted molar refractivity (Wildman–Crippen MR) is 212 cm³/mol. The van der Waals surface area contributed by atoms with Gasteiger partial charge in [-0.2, -0.15) is 0 Å². The Bertz CT molecular complexity index is 1600. The highest BCUT2D eigenvalue weighted by atomic mass is 19.3. The van der Waals surface area contributed by atoms with Crippen molar-refractivity contribution in [2.24, 2.45) is 5.92 Å². The van der Waals surface area contributed by atoms with E-state index < -0.39 is 5.92 Å². The SMILES string of the molecule is CC.CCCC.CCCC(C)C.CCCc1cc(C(C)=O)cc(C(C)(F)F)c1.CCc1ccc2c(c1)N(C(=O)Cc1cnc3ccccn13)CC2. The van der Waals surface area contributed by atoms with E-state index in [1.165, 1.54) is 55.9 Å². The van der Waals surface area contributed by atoms with E-state index in [-0.39, 0.29) is 17.3 Å². The maximum absolute atomic E-state index is 13.2. The minimum atomic E-state index is -2.89. The number of hydrogen-bond donors (Lipinski definition) is 0. The van der Waals surface area contributed by atoms with Gasteiger partial charge in [0.15, 0.2) is 5.78 Å². The largest absolute Gasteiger partial charge is 0.311 e. The van der Waals surface area contributed by atoms with Crippen LogP contribution in [0.3, 0.4) is 0 Å². The van der Waals surface area contributed by atoms with Crippen LogP contribution in [-0.4, -0.2) is 27.6 Å². The van der Waals surface area contributed by atoms with Gasteiger partial charge in [0.25, 0.3) is 5.92 Å². The zero-order chi connectivity index (χ0) is 38.6. The monoisotopic (exact) mass is 706 g/mol. The van der Waals surface area contributed by atoms with Crippen molar-refractivity contribution in [3.05, 3.63) is 101 Å². The summed E-state index contributed by atoms with van der Waals surface area (Å²) in [7, 11) is 0. The number of rotatable bonds is 10. The lowest BCUT2D eigenvalue weighted by Gasteiger charge is -2.18. The van der Waals surface area contributed by atoms with Crippen molar-refractivity contribution in [1.82, 2.24) is 9.38 Å². The number of halogens is 2. The number of nitrogens with zero attached hydrogens (tertiary/aromatic N) is 3. The van der Waals surface area contributed by atoms with Crippen LogP contribution < -0.4 is 4.90 Å². The number of alkyl halides is 2. The molecule has 282 valence electrons. The molecule has 0 radical (unpaired) electrons. The molecule has 0 saturated carbocycles. The number of aromatic nitrogens is 2. The van der Waals surface area contributed by atoms with Crippen molar-refractivity contribution < 1.29 is 18.4 Å². The van der Waals surface area contributed by atoms with E-state index in [0.29, 0.717) is 18.4 Å². The predicted octanol–water partition coefficient (Wildman–Crippen LogP) is 12.3. The number of carbonyl (C=O) groups is 2. The molecule has 0 spiro atoms. The van der Waals surface area contributed by atoms with Crippen LogP contribution in [0.5, 0.6) is 0 Å². The average Bonchev–Trinajstić information content (AvgIpc) is 3.73. The van der Waals surface area contributed by atoms with Crippen molar-refractivity contribution in [3.63, 3.8) is 0 Å². The molecule has 0 saturated heterocycles. The summed E-state index contributed by atoms with van der Waals surface area (Å²) in [6.45, 7) is 22.2. The fourth-order valence-electron chi connectivity index (χ4n) is 5.43. The van der Waals surface area contributed by atoms with E-state index in [1.54, 1.807) is 12.3 Å². The Kier molecular flexibility index (Phi) is 20.9. The van der Waals surface area contributed by atoms with Crippen molar-refractivity contribution in [2.75, 3.05) is 11.4 Å². The Morgan fingerprint density at radius 2 is 1.57 bits per heavy atom. The molecule has 4 aromatic rings. The summed E-state index contributed by atoms with van der Waals surface area (Å²) in [6.07, 6.45) is 13.0. The molecule has 0 N–H and O–H groups in total. The van der Waals surface area contributed by atoms with Crippen LogP contribution in [-0.2, 0) is 36.4 Å². The lowest BCUT2D eigenvalue weighted by Crippen LogP contribution is -2.30. The first kappa shape index (κ1) is 45.2. The number of benzene rings is 2. The Morgan fingerprint density at radius 1 is 0.882 bits per heavy atom. The van der Waals surface area contributed by atoms with E-state index in [4.69, 9.17) is 0 Å². The second-order valence-electron chi connectivity index (χ2n) is 13.3. The number of carbonyl (C=O) groups excluding carboxylic acids is 2. The summed E-state index contributed by atoms with van der Waals surface area (Å²) in [5.41, 5.74) is 6.53. The third-order valence-electron chi connectivity index (χ3n) is 8.39. The number of pyridine rings is 1. The molecule has 2 aromatic carbocycles. The van der Waals surface area contributed by atoms with Gasteiger partial charge >= 0.3 is 0 Å². The van der Waals surface area contributed by atoms with Gasteiger partial charge in [-0.05, 0) is 85.2 Å². The number of amides is 1. The summed E-state index contributed by atoms with van der Waals surface area (Å²) >= 11 is 0. The maximum atomic E-state index is 13.2. The number of fused-ring (bicyclic) bond motifs is 2. The van der Waals surface area contributed by atoms with Gasteiger partial charge in [0.2, 0.25) is 5.91 Å². The molecule has 0 fully saturated rings. The molecular formula is C44H65F2N3O2. The number of ketones is 1. The van der Waals surface area contributed by atoms with Crippen LogP contribution >= 0.6 is 0 Å². The first-order chi connectivity index (χ1) is 24.3. The minimum absolute atomic E-state index is 0.0800. The van der Waals surface area contributed by atoms with Crippen LogP contribution in [0.1, 0.15) is 147 Å². The molecule has 51 heavy (non-hydrogen) atoms. The number of aryl methyl sites for hydroxylation is 2. The number of imidazole rings is 1. The van der Waals surface area contributed by atoms with Crippen molar-refractivity contribution >= 4 is 23.0 Å². The molecule has 0 atom stereocenters. The number of anilines is 1. The van der Waals surface area contributed by atoms with Gasteiger partial charge in [-0.3, -0.25) is 9.59 Å². The van der Waals surface area contributed by atoms with Gasteiger partial charge < -0.3 is 9.30 Å². The average molecular weight is 706 g/mol. The molecular weight excluding hydrogens is 640 g/mol. The van der Waals surface area contributed by atoms with Gasteiger partial charge in [0, 0.05) is 42.7 Å². The van der Waals surface area contributed by atoms with Crippen LogP contribution in [0.4, 0.5) is 14.5 Å². The zero-order valence-electron chi connectivity index (χ0n) is 33.4. The highest BCUT2D eigenvalue weighted by Crippen LogP contribution is 2.30. The van der Waals surface area contributed by atoms with Gasteiger partial charge in [-0.15, -0.1) is 0 Å². The lowest BCUT2D eigenvalue weighted by molar-refractivity contribution is -0.117. The topological polar surface area (TPSA) is 54.7 Å². The molecule has 3 heterocycles. The van der Waals surface area contributed by atoms with Crippen LogP contribution in [0.2, 0.25) is 0 Å².